The van der Waals surface area contributed by atoms with Crippen molar-refractivity contribution in [3.05, 3.63) is 29.3 Å². The van der Waals surface area contributed by atoms with Crippen molar-refractivity contribution in [3.8, 4) is 0 Å². The van der Waals surface area contributed by atoms with E-state index in [0.717, 1.165) is 9.98 Å². The lowest BCUT2D eigenvalue weighted by Gasteiger charge is -2.34. The van der Waals surface area contributed by atoms with Gasteiger partial charge in [-0.05, 0) is 31.0 Å². The minimum Gasteiger partial charge on any atom is -0.390 e. The Morgan fingerprint density at radius 1 is 1.17 bits per heavy atom. The number of nitrogens with zero attached hydrogens (tertiary/aromatic N) is 2. The van der Waals surface area contributed by atoms with E-state index in [9.17, 15) is 21.9 Å². The summed E-state index contributed by atoms with van der Waals surface area (Å²) in [5.74, 6) is -0.819. The van der Waals surface area contributed by atoms with Crippen LogP contribution >= 0.6 is 0 Å². The largest absolute Gasteiger partial charge is 0.390 e. The van der Waals surface area contributed by atoms with Gasteiger partial charge in [0.25, 0.3) is 10.0 Å². The first kappa shape index (κ1) is 18.3. The van der Waals surface area contributed by atoms with Crippen LogP contribution in [-0.2, 0) is 19.9 Å². The number of aliphatic hydroxyl groups is 1. The molecule has 1 fully saturated rings. The summed E-state index contributed by atoms with van der Waals surface area (Å²) in [5.41, 5.74) is 1.35. The summed E-state index contributed by atoms with van der Waals surface area (Å²) in [7, 11) is -4.42. The molecule has 1 aromatic rings. The number of aryl methyl sites for hydroxylation is 2. The minimum absolute atomic E-state index is 0.114. The maximum atomic E-state index is 13.1. The highest BCUT2D eigenvalue weighted by molar-refractivity contribution is 7.92. The molecular formula is C14H22N2O5S2. The maximum Gasteiger partial charge on any atom is 0.256 e. The van der Waals surface area contributed by atoms with Crippen molar-refractivity contribution in [3.63, 3.8) is 0 Å². The molecule has 0 saturated carbocycles. The van der Waals surface area contributed by atoms with Crippen molar-refractivity contribution >= 4 is 19.9 Å². The van der Waals surface area contributed by atoms with E-state index < -0.39 is 43.5 Å². The standard InChI is InChI=1S/C14H22N2O5S2/c1-10-5-6-11(2)14(7-10)23(20,21)16(15(3)4)12-8-22(18,19)9-13(12)17/h5-7,12-13,17H,8-9H2,1-4H3/t12-,13-/m0/s1. The Morgan fingerprint density at radius 2 is 1.78 bits per heavy atom. The number of hydrogen-bond acceptors (Lipinski definition) is 6. The second-order valence-corrected chi connectivity index (χ2v) is 10.0. The summed E-state index contributed by atoms with van der Waals surface area (Å²) in [6, 6.07) is 4.04. The van der Waals surface area contributed by atoms with Crippen molar-refractivity contribution < 1.29 is 21.9 Å². The van der Waals surface area contributed by atoms with E-state index in [1.165, 1.54) is 19.1 Å². The number of rotatable bonds is 4. The van der Waals surface area contributed by atoms with Gasteiger partial charge in [0, 0.05) is 14.1 Å². The molecule has 130 valence electrons. The Kier molecular flexibility index (Phi) is 4.89. The first-order valence-electron chi connectivity index (χ1n) is 7.13. The van der Waals surface area contributed by atoms with E-state index in [1.807, 2.05) is 6.07 Å². The van der Waals surface area contributed by atoms with Crippen LogP contribution in [0.25, 0.3) is 0 Å². The van der Waals surface area contributed by atoms with Crippen molar-refractivity contribution in [2.75, 3.05) is 25.6 Å². The van der Waals surface area contributed by atoms with Crippen molar-refractivity contribution in [2.45, 2.75) is 30.9 Å². The van der Waals surface area contributed by atoms with Gasteiger partial charge in [-0.2, -0.15) is 0 Å². The summed E-state index contributed by atoms with van der Waals surface area (Å²) in [6.07, 6.45) is -1.25. The average Bonchev–Trinajstić information content (AvgIpc) is 2.65. The molecule has 2 rings (SSSR count). The van der Waals surface area contributed by atoms with Gasteiger partial charge < -0.3 is 5.11 Å². The van der Waals surface area contributed by atoms with Gasteiger partial charge in [-0.1, -0.05) is 12.1 Å². The molecule has 0 aromatic heterocycles. The molecule has 0 aliphatic carbocycles. The van der Waals surface area contributed by atoms with E-state index in [-0.39, 0.29) is 4.90 Å². The quantitative estimate of drug-likeness (QED) is 0.754. The van der Waals surface area contributed by atoms with Crippen molar-refractivity contribution in [1.29, 1.82) is 0 Å². The smallest absolute Gasteiger partial charge is 0.256 e. The molecule has 1 aromatic carbocycles. The van der Waals surface area contributed by atoms with E-state index in [0.29, 0.717) is 5.56 Å². The maximum absolute atomic E-state index is 13.1. The molecule has 7 nitrogen and oxygen atoms in total. The minimum atomic E-state index is -3.99. The molecule has 1 saturated heterocycles. The summed E-state index contributed by atoms with van der Waals surface area (Å²) in [5, 5.41) is 11.4. The Hall–Kier alpha value is -1.00. The van der Waals surface area contributed by atoms with Crippen LogP contribution in [0, 0.1) is 13.8 Å². The SMILES string of the molecule is Cc1ccc(C)c(S(=O)(=O)N([C@H]2CS(=O)(=O)C[C@@H]2O)N(C)C)c1. The zero-order chi connectivity index (χ0) is 17.6. The van der Waals surface area contributed by atoms with E-state index in [4.69, 9.17) is 0 Å². The fraction of sp³-hybridized carbons (Fsp3) is 0.571. The summed E-state index contributed by atoms with van der Waals surface area (Å²) < 4.78 is 50.6. The van der Waals surface area contributed by atoms with Crippen LogP contribution in [0.5, 0.6) is 0 Å². The molecular weight excluding hydrogens is 340 g/mol. The lowest BCUT2D eigenvalue weighted by atomic mass is 10.2. The number of sulfonamides is 1. The Balaban J connectivity index is 2.55. The van der Waals surface area contributed by atoms with E-state index >= 15 is 0 Å². The number of hydrazine groups is 1. The summed E-state index contributed by atoms with van der Waals surface area (Å²) in [4.78, 5) is 0.114. The van der Waals surface area contributed by atoms with Crippen molar-refractivity contribution in [2.24, 2.45) is 0 Å². The molecule has 0 amide bonds. The zero-order valence-corrected chi connectivity index (χ0v) is 15.2. The van der Waals surface area contributed by atoms with E-state index in [1.54, 1.807) is 26.0 Å². The third-order valence-electron chi connectivity index (χ3n) is 3.84. The Morgan fingerprint density at radius 3 is 2.26 bits per heavy atom. The van der Waals surface area contributed by atoms with Crippen LogP contribution in [0.4, 0.5) is 0 Å². The molecule has 0 radical (unpaired) electrons. The lowest BCUT2D eigenvalue weighted by Crippen LogP contribution is -2.53. The van der Waals surface area contributed by atoms with Gasteiger partial charge in [-0.25, -0.2) is 21.8 Å². The molecule has 1 aliphatic heterocycles. The molecule has 0 spiro atoms. The highest BCUT2D eigenvalue weighted by Crippen LogP contribution is 2.28. The van der Waals surface area contributed by atoms with Gasteiger partial charge in [-0.3, -0.25) is 0 Å². The Bertz CT molecular complexity index is 802. The molecule has 2 atom stereocenters. The van der Waals surface area contributed by atoms with Gasteiger partial charge in [0.15, 0.2) is 9.84 Å². The normalized spacial score (nSPS) is 24.5. The number of hydrogen-bond donors (Lipinski definition) is 1. The van der Waals surface area contributed by atoms with Gasteiger partial charge in [0.2, 0.25) is 0 Å². The van der Waals surface area contributed by atoms with Crippen molar-refractivity contribution in [1.82, 2.24) is 9.42 Å². The van der Waals surface area contributed by atoms with Gasteiger partial charge in [0.05, 0.1) is 28.5 Å². The monoisotopic (exact) mass is 362 g/mol. The topological polar surface area (TPSA) is 95.0 Å². The summed E-state index contributed by atoms with van der Waals surface area (Å²) >= 11 is 0. The second kappa shape index (κ2) is 6.14. The average molecular weight is 362 g/mol. The fourth-order valence-corrected chi connectivity index (χ4v) is 6.67. The van der Waals surface area contributed by atoms with Gasteiger partial charge >= 0.3 is 0 Å². The molecule has 1 N–H and O–H groups in total. The molecule has 9 heteroatoms. The van der Waals surface area contributed by atoms with Crippen LogP contribution in [0.3, 0.4) is 0 Å². The predicted molar refractivity (Wildman–Crippen MR) is 87.1 cm³/mol. The molecule has 0 unspecified atom stereocenters. The third-order valence-corrected chi connectivity index (χ3v) is 7.62. The highest BCUT2D eigenvalue weighted by Gasteiger charge is 2.46. The first-order chi connectivity index (χ1) is 10.5. The molecule has 1 aliphatic rings. The number of sulfone groups is 1. The van der Waals surface area contributed by atoms with Crippen LogP contribution in [0.1, 0.15) is 11.1 Å². The third kappa shape index (κ3) is 3.58. The number of benzene rings is 1. The van der Waals surface area contributed by atoms with Crippen LogP contribution < -0.4 is 0 Å². The molecule has 23 heavy (non-hydrogen) atoms. The van der Waals surface area contributed by atoms with E-state index in [2.05, 4.69) is 0 Å². The second-order valence-electron chi connectivity index (χ2n) is 6.11. The lowest BCUT2D eigenvalue weighted by molar-refractivity contribution is 0.0271. The number of aliphatic hydroxyl groups excluding tert-OH is 1. The zero-order valence-electron chi connectivity index (χ0n) is 13.6. The first-order valence-corrected chi connectivity index (χ1v) is 10.4. The van der Waals surface area contributed by atoms with Gasteiger partial charge in [-0.15, -0.1) is 4.41 Å². The van der Waals surface area contributed by atoms with Crippen LogP contribution in [0.2, 0.25) is 0 Å². The summed E-state index contributed by atoms with van der Waals surface area (Å²) in [6.45, 7) is 3.47. The van der Waals surface area contributed by atoms with Crippen LogP contribution in [-0.4, -0.2) is 69.1 Å². The Labute approximate surface area is 137 Å². The predicted octanol–water partition coefficient (Wildman–Crippen LogP) is -0.0714. The highest BCUT2D eigenvalue weighted by atomic mass is 32.2. The molecule has 0 bridgehead atoms. The van der Waals surface area contributed by atoms with Gasteiger partial charge in [0.1, 0.15) is 0 Å². The molecule has 1 heterocycles. The fourth-order valence-electron chi connectivity index (χ4n) is 2.80. The van der Waals surface area contributed by atoms with Crippen LogP contribution in [0.15, 0.2) is 23.1 Å².